The Labute approximate surface area is 85.2 Å². The summed E-state index contributed by atoms with van der Waals surface area (Å²) < 4.78 is 1.98. The summed E-state index contributed by atoms with van der Waals surface area (Å²) in [5.74, 6) is 0. The highest BCUT2D eigenvalue weighted by molar-refractivity contribution is 5.72. The maximum absolute atomic E-state index is 10.6. The summed E-state index contributed by atoms with van der Waals surface area (Å²) >= 11 is 0. The fraction of sp³-hybridized carbons (Fsp3) is 0.417. The first-order valence-corrected chi connectivity index (χ1v) is 5.05. The van der Waals surface area contributed by atoms with Crippen LogP contribution in [0.15, 0.2) is 30.5 Å². The summed E-state index contributed by atoms with van der Waals surface area (Å²) in [6.45, 7) is 6.98. The molecule has 0 amide bonds. The molecule has 1 rings (SSSR count). The molecule has 0 N–H and O–H groups in total. The Balaban J connectivity index is 2.38. The zero-order chi connectivity index (χ0) is 10.4. The third kappa shape index (κ3) is 2.87. The molecule has 0 aliphatic rings. The van der Waals surface area contributed by atoms with E-state index in [1.54, 1.807) is 0 Å². The number of carbonyl (C=O) groups is 1. The van der Waals surface area contributed by atoms with E-state index in [0.29, 0.717) is 0 Å². The Kier molecular flexibility index (Phi) is 4.17. The summed E-state index contributed by atoms with van der Waals surface area (Å²) in [7, 11) is 0. The normalized spacial score (nSPS) is 10.1. The summed E-state index contributed by atoms with van der Waals surface area (Å²) in [5.41, 5.74) is 2.04. The van der Waals surface area contributed by atoms with Gasteiger partial charge in [0.2, 0.25) is 0 Å². The monoisotopic (exact) mass is 191 g/mol. The van der Waals surface area contributed by atoms with Crippen molar-refractivity contribution in [3.8, 4) is 0 Å². The molecule has 0 aromatic carbocycles. The lowest BCUT2D eigenvalue weighted by Crippen LogP contribution is -2.00. The topological polar surface area (TPSA) is 22.0 Å². The van der Waals surface area contributed by atoms with Crippen LogP contribution >= 0.6 is 0 Å². The molecule has 2 heteroatoms. The van der Waals surface area contributed by atoms with Crippen LogP contribution in [-0.2, 0) is 6.54 Å². The van der Waals surface area contributed by atoms with Crippen LogP contribution in [0, 0.1) is 0 Å². The van der Waals surface area contributed by atoms with Crippen LogP contribution in [0.5, 0.6) is 0 Å². The lowest BCUT2D eigenvalue weighted by atomic mass is 10.1. The van der Waals surface area contributed by atoms with E-state index < -0.39 is 0 Å². The maximum Gasteiger partial charge on any atom is 0.166 e. The van der Waals surface area contributed by atoms with E-state index in [-0.39, 0.29) is 0 Å². The van der Waals surface area contributed by atoms with Crippen LogP contribution < -0.4 is 0 Å². The smallest absolute Gasteiger partial charge is 0.166 e. The minimum absolute atomic E-state index is 0.757. The highest BCUT2D eigenvalue weighted by Gasteiger charge is 1.98. The van der Waals surface area contributed by atoms with Crippen molar-refractivity contribution < 1.29 is 4.79 Å². The second-order valence-corrected chi connectivity index (χ2v) is 3.45. The number of nitrogens with zero attached hydrogens (tertiary/aromatic N) is 1. The molecule has 0 unspecified atom stereocenters. The largest absolute Gasteiger partial charge is 0.345 e. The average Bonchev–Trinajstić information content (AvgIpc) is 2.65. The van der Waals surface area contributed by atoms with E-state index >= 15 is 0 Å². The quantitative estimate of drug-likeness (QED) is 0.500. The minimum Gasteiger partial charge on any atom is -0.345 e. The molecule has 14 heavy (non-hydrogen) atoms. The molecule has 1 heterocycles. The van der Waals surface area contributed by atoms with Gasteiger partial charge in [0.05, 0.1) is 5.69 Å². The van der Waals surface area contributed by atoms with Crippen LogP contribution in [0.25, 0.3) is 0 Å². The van der Waals surface area contributed by atoms with E-state index in [1.165, 1.54) is 5.57 Å². The molecule has 2 nitrogen and oxygen atoms in total. The van der Waals surface area contributed by atoms with Gasteiger partial charge in [-0.1, -0.05) is 19.1 Å². The number of aldehydes is 1. The van der Waals surface area contributed by atoms with Crippen molar-refractivity contribution in [1.29, 1.82) is 0 Å². The van der Waals surface area contributed by atoms with Gasteiger partial charge in [0, 0.05) is 12.7 Å². The van der Waals surface area contributed by atoms with Crippen LogP contribution in [0.1, 0.15) is 36.7 Å². The standard InChI is InChI=1S/C12H17NO/c1-3-11(2)6-4-8-13-9-5-7-12(13)10-14/h5,7,9-10H,2-4,6,8H2,1H3. The average molecular weight is 191 g/mol. The predicted octanol–water partition coefficient (Wildman–Crippen LogP) is 3.05. The molecule has 0 saturated carbocycles. The third-order valence-electron chi connectivity index (χ3n) is 2.41. The molecular formula is C12H17NO. The van der Waals surface area contributed by atoms with Crippen molar-refractivity contribution >= 4 is 6.29 Å². The number of allylic oxidation sites excluding steroid dienone is 1. The zero-order valence-corrected chi connectivity index (χ0v) is 8.70. The van der Waals surface area contributed by atoms with E-state index in [2.05, 4.69) is 13.5 Å². The highest BCUT2D eigenvalue weighted by Crippen LogP contribution is 2.08. The van der Waals surface area contributed by atoms with Gasteiger partial charge in [0.15, 0.2) is 6.29 Å². The molecule has 0 aliphatic heterocycles. The van der Waals surface area contributed by atoms with Crippen molar-refractivity contribution in [1.82, 2.24) is 4.57 Å². The van der Waals surface area contributed by atoms with Crippen LogP contribution in [0.3, 0.4) is 0 Å². The predicted molar refractivity (Wildman–Crippen MR) is 58.5 cm³/mol. The number of hydrogen-bond acceptors (Lipinski definition) is 1. The van der Waals surface area contributed by atoms with E-state index in [0.717, 1.165) is 37.8 Å². The van der Waals surface area contributed by atoms with Crippen LogP contribution in [0.4, 0.5) is 0 Å². The molecule has 0 spiro atoms. The Morgan fingerprint density at radius 3 is 3.07 bits per heavy atom. The van der Waals surface area contributed by atoms with Crippen LogP contribution in [-0.4, -0.2) is 10.9 Å². The van der Waals surface area contributed by atoms with Gasteiger partial charge < -0.3 is 4.57 Å². The second-order valence-electron chi connectivity index (χ2n) is 3.45. The van der Waals surface area contributed by atoms with Gasteiger partial charge >= 0.3 is 0 Å². The molecule has 0 bridgehead atoms. The Bertz CT molecular complexity index is 312. The lowest BCUT2D eigenvalue weighted by molar-refractivity contribution is 0.111. The van der Waals surface area contributed by atoms with Gasteiger partial charge in [-0.25, -0.2) is 0 Å². The highest BCUT2D eigenvalue weighted by atomic mass is 16.1. The summed E-state index contributed by atoms with van der Waals surface area (Å²) in [4.78, 5) is 10.6. The molecule has 0 saturated heterocycles. The number of aryl methyl sites for hydroxylation is 1. The first-order chi connectivity index (χ1) is 6.77. The first-order valence-electron chi connectivity index (χ1n) is 5.05. The number of aromatic nitrogens is 1. The van der Waals surface area contributed by atoms with Gasteiger partial charge in [-0.2, -0.15) is 0 Å². The summed E-state index contributed by atoms with van der Waals surface area (Å²) in [6.07, 6.45) is 5.99. The zero-order valence-electron chi connectivity index (χ0n) is 8.70. The Hall–Kier alpha value is -1.31. The fourth-order valence-corrected chi connectivity index (χ4v) is 1.41. The van der Waals surface area contributed by atoms with Crippen LogP contribution in [0.2, 0.25) is 0 Å². The molecule has 0 atom stereocenters. The number of rotatable bonds is 6. The lowest BCUT2D eigenvalue weighted by Gasteiger charge is -2.05. The van der Waals surface area contributed by atoms with Gasteiger partial charge in [0.25, 0.3) is 0 Å². The van der Waals surface area contributed by atoms with Gasteiger partial charge in [0.1, 0.15) is 0 Å². The second kappa shape index (κ2) is 5.43. The van der Waals surface area contributed by atoms with Crippen molar-refractivity contribution in [2.24, 2.45) is 0 Å². The Morgan fingerprint density at radius 1 is 1.64 bits per heavy atom. The molecule has 0 aliphatic carbocycles. The Morgan fingerprint density at radius 2 is 2.43 bits per heavy atom. The van der Waals surface area contributed by atoms with E-state index in [1.807, 2.05) is 22.9 Å². The maximum atomic E-state index is 10.6. The van der Waals surface area contributed by atoms with E-state index in [4.69, 9.17) is 0 Å². The fourth-order valence-electron chi connectivity index (χ4n) is 1.41. The first kappa shape index (κ1) is 10.8. The van der Waals surface area contributed by atoms with Crippen molar-refractivity contribution in [3.63, 3.8) is 0 Å². The molecule has 76 valence electrons. The molecule has 0 fully saturated rings. The number of hydrogen-bond donors (Lipinski definition) is 0. The minimum atomic E-state index is 0.757. The van der Waals surface area contributed by atoms with Crippen molar-refractivity contribution in [3.05, 3.63) is 36.2 Å². The molecule has 1 aromatic rings. The number of carbonyl (C=O) groups excluding carboxylic acids is 1. The molecular weight excluding hydrogens is 174 g/mol. The van der Waals surface area contributed by atoms with Crippen molar-refractivity contribution in [2.75, 3.05) is 0 Å². The summed E-state index contributed by atoms with van der Waals surface area (Å²) in [6, 6.07) is 3.74. The van der Waals surface area contributed by atoms with Gasteiger partial charge in [-0.3, -0.25) is 4.79 Å². The molecule has 1 aromatic heterocycles. The van der Waals surface area contributed by atoms with Gasteiger partial charge in [-0.15, -0.1) is 0 Å². The van der Waals surface area contributed by atoms with E-state index in [9.17, 15) is 4.79 Å². The summed E-state index contributed by atoms with van der Waals surface area (Å²) in [5, 5.41) is 0. The third-order valence-corrected chi connectivity index (χ3v) is 2.41. The SMILES string of the molecule is C=C(CC)CCCn1cccc1C=O. The van der Waals surface area contributed by atoms with Gasteiger partial charge in [-0.05, 0) is 31.4 Å². The molecule has 0 radical (unpaired) electrons. The van der Waals surface area contributed by atoms with Crippen molar-refractivity contribution in [2.45, 2.75) is 32.7 Å².